The van der Waals surface area contributed by atoms with E-state index in [-0.39, 0.29) is 35.6 Å². The number of esters is 1. The largest absolute Gasteiger partial charge is 0.458 e. The van der Waals surface area contributed by atoms with Crippen molar-refractivity contribution in [3.05, 3.63) is 11.6 Å². The number of fused-ring (bicyclic) bond motifs is 5. The van der Waals surface area contributed by atoms with E-state index in [0.717, 1.165) is 31.1 Å². The average Bonchev–Trinajstić information content (AvgIpc) is 3.21. The lowest BCUT2D eigenvalue weighted by atomic mass is 9.41. The zero-order valence-electron chi connectivity index (χ0n) is 17.1. The Hall–Kier alpha value is -1.24. The minimum absolute atomic E-state index is 0.0504. The van der Waals surface area contributed by atoms with Crippen molar-refractivity contribution >= 4 is 12.3 Å². The molecule has 0 aromatic rings. The van der Waals surface area contributed by atoms with Gasteiger partial charge in [-0.15, -0.1) is 0 Å². The van der Waals surface area contributed by atoms with Crippen molar-refractivity contribution in [2.24, 2.45) is 28.6 Å². The van der Waals surface area contributed by atoms with Gasteiger partial charge in [-0.1, -0.05) is 6.92 Å². The highest BCUT2D eigenvalue weighted by atomic mass is 16.5. The molecule has 4 saturated carbocycles. The molecule has 29 heavy (non-hydrogen) atoms. The smallest absolute Gasteiger partial charge is 0.331 e. The molecule has 4 aliphatic carbocycles. The van der Waals surface area contributed by atoms with Gasteiger partial charge in [0.15, 0.2) is 0 Å². The first-order valence-electron chi connectivity index (χ1n) is 11.2. The van der Waals surface area contributed by atoms with Gasteiger partial charge in [0, 0.05) is 17.9 Å². The second-order valence-corrected chi connectivity index (χ2v) is 10.6. The minimum Gasteiger partial charge on any atom is -0.458 e. The fourth-order valence-corrected chi connectivity index (χ4v) is 8.34. The highest BCUT2D eigenvalue weighted by molar-refractivity contribution is 5.85. The molecule has 0 unspecified atom stereocenters. The van der Waals surface area contributed by atoms with Gasteiger partial charge in [0.05, 0.1) is 22.7 Å². The number of carbonyl (C=O) groups excluding carboxylic acids is 2. The monoisotopic (exact) mass is 404 g/mol. The zero-order valence-corrected chi connectivity index (χ0v) is 17.1. The number of ether oxygens (including phenoxy) is 1. The molecule has 0 amide bonds. The van der Waals surface area contributed by atoms with E-state index in [9.17, 15) is 24.9 Å². The van der Waals surface area contributed by atoms with Crippen molar-refractivity contribution in [2.75, 3.05) is 6.61 Å². The van der Waals surface area contributed by atoms with Gasteiger partial charge in [-0.25, -0.2) is 4.79 Å². The van der Waals surface area contributed by atoms with E-state index in [2.05, 4.69) is 6.92 Å². The number of cyclic esters (lactones) is 1. The van der Waals surface area contributed by atoms with Gasteiger partial charge in [0.2, 0.25) is 0 Å². The second kappa shape index (κ2) is 6.14. The molecule has 0 aromatic heterocycles. The molecule has 0 aromatic carbocycles. The lowest BCUT2D eigenvalue weighted by molar-refractivity contribution is -0.248. The number of rotatable bonds is 2. The predicted octanol–water partition coefficient (Wildman–Crippen LogP) is 1.90. The summed E-state index contributed by atoms with van der Waals surface area (Å²) in [4.78, 5) is 24.1. The molecular weight excluding hydrogens is 372 g/mol. The van der Waals surface area contributed by atoms with Gasteiger partial charge in [-0.2, -0.15) is 0 Å². The fourth-order valence-electron chi connectivity index (χ4n) is 8.34. The van der Waals surface area contributed by atoms with Crippen molar-refractivity contribution in [3.8, 4) is 0 Å². The number of aliphatic hydroxyl groups is 3. The summed E-state index contributed by atoms with van der Waals surface area (Å²) in [5.74, 6) is -0.304. The quantitative estimate of drug-likeness (QED) is 0.480. The molecule has 0 saturated heterocycles. The van der Waals surface area contributed by atoms with Gasteiger partial charge >= 0.3 is 5.97 Å². The highest BCUT2D eigenvalue weighted by Gasteiger charge is 2.71. The van der Waals surface area contributed by atoms with Crippen LogP contribution in [0.1, 0.15) is 64.7 Å². The van der Waals surface area contributed by atoms with Crippen molar-refractivity contribution in [1.29, 1.82) is 0 Å². The van der Waals surface area contributed by atoms with Crippen LogP contribution in [0.15, 0.2) is 11.6 Å². The van der Waals surface area contributed by atoms with Crippen LogP contribution in [-0.4, -0.2) is 51.5 Å². The van der Waals surface area contributed by atoms with Gasteiger partial charge in [-0.05, 0) is 74.7 Å². The van der Waals surface area contributed by atoms with Crippen LogP contribution in [0.2, 0.25) is 0 Å². The summed E-state index contributed by atoms with van der Waals surface area (Å²) in [6.45, 7) is 2.46. The second-order valence-electron chi connectivity index (χ2n) is 10.6. The third kappa shape index (κ3) is 2.34. The summed E-state index contributed by atoms with van der Waals surface area (Å²) in [6, 6.07) is 0. The summed E-state index contributed by atoms with van der Waals surface area (Å²) >= 11 is 0. The SMILES string of the molecule is C[C@]12CC[C@H]3[C@@H](CC[C@]4(O)C[C@H](O)CC[C@]34C=O)[C@]1(O)CC[C@@H]2C1=CC(=O)OC1. The van der Waals surface area contributed by atoms with Crippen molar-refractivity contribution < 1.29 is 29.6 Å². The van der Waals surface area contributed by atoms with E-state index in [1.165, 1.54) is 0 Å². The van der Waals surface area contributed by atoms with Gasteiger partial charge < -0.3 is 24.9 Å². The molecule has 0 bridgehead atoms. The van der Waals surface area contributed by atoms with Gasteiger partial charge in [0.1, 0.15) is 12.9 Å². The fraction of sp³-hybridized carbons (Fsp3) is 0.826. The maximum Gasteiger partial charge on any atom is 0.331 e. The third-order valence-corrected chi connectivity index (χ3v) is 9.85. The van der Waals surface area contributed by atoms with E-state index >= 15 is 0 Å². The Bertz CT molecular complexity index is 777. The Balaban J connectivity index is 1.52. The number of aliphatic hydroxyl groups excluding tert-OH is 1. The van der Waals surface area contributed by atoms with Crippen molar-refractivity contribution in [1.82, 2.24) is 0 Å². The van der Waals surface area contributed by atoms with E-state index in [1.54, 1.807) is 6.08 Å². The van der Waals surface area contributed by atoms with Crippen LogP contribution < -0.4 is 0 Å². The molecule has 4 fully saturated rings. The molecule has 5 rings (SSSR count). The molecule has 0 spiro atoms. The summed E-state index contributed by atoms with van der Waals surface area (Å²) in [5, 5.41) is 33.7. The Morgan fingerprint density at radius 2 is 1.83 bits per heavy atom. The Kier molecular flexibility index (Phi) is 4.18. The first kappa shape index (κ1) is 19.7. The molecular formula is C23H32O6. The first-order valence-corrected chi connectivity index (χ1v) is 11.2. The molecule has 3 N–H and O–H groups in total. The number of hydrogen-bond acceptors (Lipinski definition) is 6. The molecule has 6 nitrogen and oxygen atoms in total. The van der Waals surface area contributed by atoms with Crippen LogP contribution in [0.25, 0.3) is 0 Å². The molecule has 8 atom stereocenters. The molecule has 5 aliphatic rings. The Morgan fingerprint density at radius 3 is 2.52 bits per heavy atom. The normalized spacial score (nSPS) is 54.1. The van der Waals surface area contributed by atoms with Crippen molar-refractivity contribution in [2.45, 2.75) is 82.0 Å². The minimum atomic E-state index is -1.18. The topological polar surface area (TPSA) is 104 Å². The lowest BCUT2D eigenvalue weighted by Gasteiger charge is -2.65. The highest BCUT2D eigenvalue weighted by Crippen LogP contribution is 2.70. The standard InChI is InChI=1S/C23H32O6/c1-20-6-3-17-18(4-8-22(27)11-15(25)2-7-21(17,22)13-24)23(20,28)9-5-16(20)14-10-19(26)29-12-14/h10,13,15-18,25,27-28H,2-9,11-12H2,1H3/t15-,16-,17+,18-,20-,21+,22+,23-/m1/s1. The maximum absolute atomic E-state index is 12.5. The molecule has 0 radical (unpaired) electrons. The average molecular weight is 405 g/mol. The van der Waals surface area contributed by atoms with E-state index in [4.69, 9.17) is 4.74 Å². The van der Waals surface area contributed by atoms with Crippen LogP contribution in [0, 0.1) is 28.6 Å². The summed E-state index contributed by atoms with van der Waals surface area (Å²) < 4.78 is 5.15. The van der Waals surface area contributed by atoms with Crippen LogP contribution in [0.3, 0.4) is 0 Å². The molecule has 1 aliphatic heterocycles. The maximum atomic E-state index is 12.5. The van der Waals surface area contributed by atoms with Gasteiger partial charge in [0.25, 0.3) is 0 Å². The van der Waals surface area contributed by atoms with E-state index < -0.39 is 22.7 Å². The molecule has 1 heterocycles. The third-order valence-electron chi connectivity index (χ3n) is 9.85. The van der Waals surface area contributed by atoms with Gasteiger partial charge in [-0.3, -0.25) is 0 Å². The zero-order chi connectivity index (χ0) is 20.7. The molecule has 6 heteroatoms. The number of aldehydes is 1. The van der Waals surface area contributed by atoms with E-state index in [0.29, 0.717) is 38.7 Å². The summed E-state index contributed by atoms with van der Waals surface area (Å²) in [5.41, 5.74) is -2.34. The van der Waals surface area contributed by atoms with Crippen molar-refractivity contribution in [3.63, 3.8) is 0 Å². The van der Waals surface area contributed by atoms with Crippen LogP contribution in [0.4, 0.5) is 0 Å². The van der Waals surface area contributed by atoms with Crippen LogP contribution in [-0.2, 0) is 14.3 Å². The van der Waals surface area contributed by atoms with Crippen LogP contribution in [0.5, 0.6) is 0 Å². The lowest BCUT2D eigenvalue weighted by Crippen LogP contribution is -2.68. The predicted molar refractivity (Wildman–Crippen MR) is 104 cm³/mol. The number of carbonyl (C=O) groups is 2. The summed E-state index contributed by atoms with van der Waals surface area (Å²) in [6.07, 6.45) is 7.36. The Morgan fingerprint density at radius 1 is 1.07 bits per heavy atom. The van der Waals surface area contributed by atoms with Crippen LogP contribution >= 0.6 is 0 Å². The molecule has 160 valence electrons. The Labute approximate surface area is 171 Å². The number of hydrogen-bond donors (Lipinski definition) is 3. The summed E-state index contributed by atoms with van der Waals surface area (Å²) in [7, 11) is 0. The first-order chi connectivity index (χ1) is 13.7. The van der Waals surface area contributed by atoms with E-state index in [1.807, 2.05) is 0 Å².